The van der Waals surface area contributed by atoms with Gasteiger partial charge in [0.15, 0.2) is 0 Å². The number of hydrogen-bond acceptors (Lipinski definition) is 4. The second kappa shape index (κ2) is 22.5. The average Bonchev–Trinajstić information content (AvgIpc) is 3.39. The van der Waals surface area contributed by atoms with Gasteiger partial charge in [0.1, 0.15) is 5.75 Å². The van der Waals surface area contributed by atoms with Crippen molar-refractivity contribution in [1.29, 1.82) is 0 Å². The lowest BCUT2D eigenvalue weighted by Crippen LogP contribution is -2.14. The Hall–Kier alpha value is -7.92. The van der Waals surface area contributed by atoms with Crippen molar-refractivity contribution >= 4 is 58.4 Å². The zero-order chi connectivity index (χ0) is 47.2. The summed E-state index contributed by atoms with van der Waals surface area (Å²) >= 11 is 0. The molecule has 0 atom stereocenters. The number of ether oxygens (including phenoxy) is 1. The summed E-state index contributed by atoms with van der Waals surface area (Å²) in [4.78, 5) is 4.59. The van der Waals surface area contributed by atoms with Gasteiger partial charge in [-0.15, -0.1) is 0 Å². The topological polar surface area (TPSA) is 35.9 Å². The maximum Gasteiger partial charge on any atom is 0.143 e. The summed E-state index contributed by atoms with van der Waals surface area (Å²) < 4.78 is 6.02. The number of benzene rings is 8. The summed E-state index contributed by atoms with van der Waals surface area (Å²) in [6.45, 7) is 8.51. The molecule has 0 bridgehead atoms. The minimum absolute atomic E-state index is 0.0579. The number of aliphatic hydroxyl groups excluding tert-OH is 1. The van der Waals surface area contributed by atoms with Gasteiger partial charge in [0.25, 0.3) is 0 Å². The molecule has 8 rings (SSSR count). The lowest BCUT2D eigenvalue weighted by molar-refractivity contribution is 0.282. The van der Waals surface area contributed by atoms with Crippen LogP contribution in [0.4, 0.5) is 34.1 Å². The average molecular weight is 889 g/mol. The van der Waals surface area contributed by atoms with Gasteiger partial charge in [-0.3, -0.25) is 0 Å². The Kier molecular flexibility index (Phi) is 15.4. The summed E-state index contributed by atoms with van der Waals surface area (Å²) in [5, 5.41) is 10.6. The van der Waals surface area contributed by atoms with Gasteiger partial charge in [-0.1, -0.05) is 201 Å². The van der Waals surface area contributed by atoms with Crippen LogP contribution in [0.25, 0.3) is 35.4 Å². The number of rotatable bonds is 17. The summed E-state index contributed by atoms with van der Waals surface area (Å²) in [7, 11) is 1.74. The molecule has 0 aliphatic heterocycles. The molecule has 0 aliphatic rings. The summed E-state index contributed by atoms with van der Waals surface area (Å²) in [6.07, 6.45) is 18.5. The highest BCUT2D eigenvalue weighted by atomic mass is 16.5. The highest BCUT2D eigenvalue weighted by Gasteiger charge is 2.22. The predicted molar refractivity (Wildman–Crippen MR) is 291 cm³/mol. The van der Waals surface area contributed by atoms with Crippen molar-refractivity contribution in [3.63, 3.8) is 0 Å². The Balaban J connectivity index is 1.07. The molecule has 0 saturated heterocycles. The number of methoxy groups -OCH3 is 1. The zero-order valence-electron chi connectivity index (χ0n) is 39.8. The minimum atomic E-state index is -0.0579. The van der Waals surface area contributed by atoms with E-state index in [4.69, 9.17) is 4.74 Å². The summed E-state index contributed by atoms with van der Waals surface area (Å²) in [5.74, 6) is 0.824. The summed E-state index contributed by atoms with van der Waals surface area (Å²) in [6, 6.07) is 64.4. The van der Waals surface area contributed by atoms with Crippen LogP contribution in [0.5, 0.6) is 5.75 Å². The third kappa shape index (κ3) is 11.2. The van der Waals surface area contributed by atoms with E-state index >= 15 is 0 Å². The molecule has 0 unspecified atom stereocenters. The van der Waals surface area contributed by atoms with Crippen molar-refractivity contribution in [3.05, 3.63) is 256 Å². The molecule has 0 fully saturated rings. The van der Waals surface area contributed by atoms with Crippen molar-refractivity contribution in [2.24, 2.45) is 0 Å². The van der Waals surface area contributed by atoms with Crippen molar-refractivity contribution in [2.45, 2.75) is 47.1 Å². The predicted octanol–water partition coefficient (Wildman–Crippen LogP) is 17.0. The molecule has 0 saturated carbocycles. The Bertz CT molecular complexity index is 2760. The van der Waals surface area contributed by atoms with Gasteiger partial charge in [-0.25, -0.2) is 0 Å². The van der Waals surface area contributed by atoms with Gasteiger partial charge in [0.2, 0.25) is 0 Å². The van der Waals surface area contributed by atoms with Crippen LogP contribution in [-0.4, -0.2) is 12.2 Å². The van der Waals surface area contributed by atoms with Crippen LogP contribution in [-0.2, 0) is 19.4 Å². The third-order valence-corrected chi connectivity index (χ3v) is 12.3. The molecule has 4 nitrogen and oxygen atoms in total. The highest BCUT2D eigenvalue weighted by molar-refractivity contribution is 5.85. The molecule has 1 N–H and O–H groups in total. The number of aryl methyl sites for hydroxylation is 4. The third-order valence-electron chi connectivity index (χ3n) is 12.3. The Morgan fingerprint density at radius 3 is 1.09 bits per heavy atom. The highest BCUT2D eigenvalue weighted by Crippen LogP contribution is 2.44. The fraction of sp³-hybridized carbons (Fsp3) is 0.125. The van der Waals surface area contributed by atoms with E-state index in [1.807, 2.05) is 18.2 Å². The van der Waals surface area contributed by atoms with E-state index in [1.54, 1.807) is 7.11 Å². The van der Waals surface area contributed by atoms with Gasteiger partial charge < -0.3 is 19.6 Å². The van der Waals surface area contributed by atoms with Crippen LogP contribution >= 0.6 is 0 Å². The molecular weight excluding hydrogens is 829 g/mol. The van der Waals surface area contributed by atoms with Crippen LogP contribution in [0.2, 0.25) is 0 Å². The molecule has 0 aliphatic carbocycles. The second-order valence-electron chi connectivity index (χ2n) is 17.0. The molecule has 8 aromatic rings. The van der Waals surface area contributed by atoms with Crippen LogP contribution in [0.15, 0.2) is 206 Å². The largest absolute Gasteiger partial charge is 0.495 e. The fourth-order valence-corrected chi connectivity index (χ4v) is 8.53. The second-order valence-corrected chi connectivity index (χ2v) is 17.0. The van der Waals surface area contributed by atoms with E-state index < -0.39 is 0 Å². The van der Waals surface area contributed by atoms with Crippen molar-refractivity contribution < 1.29 is 9.84 Å². The molecular formula is C64H60N2O2. The standard InChI is InChI=1S/C64H60N2O2/c1-6-53-18-12-20-57(46-67)63(53)65(58-38-30-51(31-39-58)16-10-8-14-49-26-22-47(3)23-27-49)60-42-34-55(35-43-60)56-36-44-61(45-37-56)66(64-54(7-2)19-13-21-62(64)68-5)59-40-32-52(33-41-59)17-11-9-15-50-28-24-48(4)25-29-50/h8-45,67H,6-7,46H2,1-5H3/b14-8+,15-9+,16-10+,17-11+. The minimum Gasteiger partial charge on any atom is -0.495 e. The smallest absolute Gasteiger partial charge is 0.143 e. The SMILES string of the molecule is CCc1cccc(CO)c1N(c1ccc(/C=C/C=C/c2ccc(C)cc2)cc1)c1ccc(-c2ccc(N(c3ccc(/C=C/C=C/c4ccc(C)cc4)cc3)c3c(CC)cccc3OC)cc2)cc1. The number of allylic oxidation sites excluding steroid dienone is 4. The normalized spacial score (nSPS) is 11.6. The van der Waals surface area contributed by atoms with Crippen LogP contribution in [0, 0.1) is 13.8 Å². The number of hydrogen-bond donors (Lipinski definition) is 1. The quantitative estimate of drug-likeness (QED) is 0.0924. The lowest BCUT2D eigenvalue weighted by atomic mass is 10.0. The van der Waals surface area contributed by atoms with Gasteiger partial charge in [-0.05, 0) is 126 Å². The lowest BCUT2D eigenvalue weighted by Gasteiger charge is -2.30. The molecule has 0 radical (unpaired) electrons. The monoisotopic (exact) mass is 888 g/mol. The molecule has 0 amide bonds. The van der Waals surface area contributed by atoms with Crippen LogP contribution in [0.1, 0.15) is 63.9 Å². The molecule has 4 heteroatoms. The first-order chi connectivity index (χ1) is 33.3. The number of aliphatic hydroxyl groups is 1. The number of nitrogens with zero attached hydrogens (tertiary/aromatic N) is 2. The Labute approximate surface area is 403 Å². The van der Waals surface area contributed by atoms with E-state index in [-0.39, 0.29) is 6.61 Å². The van der Waals surface area contributed by atoms with E-state index in [0.29, 0.717) is 0 Å². The van der Waals surface area contributed by atoms with Gasteiger partial charge >= 0.3 is 0 Å². The first kappa shape index (κ1) is 46.6. The van der Waals surface area contributed by atoms with Gasteiger partial charge in [0.05, 0.1) is 25.1 Å². The van der Waals surface area contributed by atoms with Gasteiger partial charge in [-0.2, -0.15) is 0 Å². The first-order valence-electron chi connectivity index (χ1n) is 23.6. The van der Waals surface area contributed by atoms with E-state index in [1.165, 1.54) is 33.4 Å². The molecule has 8 aromatic carbocycles. The molecule has 68 heavy (non-hydrogen) atoms. The maximum absolute atomic E-state index is 10.6. The molecule has 0 aromatic heterocycles. The van der Waals surface area contributed by atoms with Crippen LogP contribution in [0.3, 0.4) is 0 Å². The summed E-state index contributed by atoms with van der Waals surface area (Å²) in [5.41, 5.74) is 18.7. The zero-order valence-corrected chi connectivity index (χ0v) is 39.8. The maximum atomic E-state index is 10.6. The van der Waals surface area contributed by atoms with E-state index in [2.05, 4.69) is 250 Å². The Morgan fingerprint density at radius 1 is 0.397 bits per heavy atom. The van der Waals surface area contributed by atoms with E-state index in [9.17, 15) is 5.11 Å². The number of anilines is 6. The van der Waals surface area contributed by atoms with Gasteiger partial charge in [0, 0.05) is 28.3 Å². The first-order valence-corrected chi connectivity index (χ1v) is 23.6. The molecule has 338 valence electrons. The van der Waals surface area contributed by atoms with Crippen LogP contribution < -0.4 is 14.5 Å². The van der Waals surface area contributed by atoms with Crippen molar-refractivity contribution in [2.75, 3.05) is 16.9 Å². The Morgan fingerprint density at radius 2 is 0.721 bits per heavy atom. The van der Waals surface area contributed by atoms with Crippen molar-refractivity contribution in [1.82, 2.24) is 0 Å². The number of para-hydroxylation sites is 2. The molecule has 0 heterocycles. The molecule has 0 spiro atoms. The van der Waals surface area contributed by atoms with E-state index in [0.717, 1.165) is 80.5 Å². The van der Waals surface area contributed by atoms with Crippen molar-refractivity contribution in [3.8, 4) is 16.9 Å². The fourth-order valence-electron chi connectivity index (χ4n) is 8.53.